The van der Waals surface area contributed by atoms with Crippen molar-refractivity contribution in [2.75, 3.05) is 0 Å². The number of nitrogens with one attached hydrogen (secondary N) is 1. The number of Topliss-reactive ketones (excluding diaryl/α,β-unsaturated/α-hetero) is 1. The Morgan fingerprint density at radius 2 is 2.22 bits per heavy atom. The van der Waals surface area contributed by atoms with Gasteiger partial charge in [0.1, 0.15) is 12.4 Å². The zero-order valence-corrected chi connectivity index (χ0v) is 15.1. The van der Waals surface area contributed by atoms with Gasteiger partial charge in [0.05, 0.1) is 20.6 Å². The van der Waals surface area contributed by atoms with Crippen LogP contribution in [-0.2, 0) is 30.2 Å². The molecule has 1 N–H and O–H groups in total. The van der Waals surface area contributed by atoms with Gasteiger partial charge in [-0.15, -0.1) is 11.3 Å². The van der Waals surface area contributed by atoms with Crippen LogP contribution in [0.1, 0.15) is 35.2 Å². The zero-order valence-electron chi connectivity index (χ0n) is 13.4. The second-order valence-electron chi connectivity index (χ2n) is 5.46. The lowest BCUT2D eigenvalue weighted by Crippen LogP contribution is -2.34. The Morgan fingerprint density at radius 3 is 2.83 bits per heavy atom. The first kappa shape index (κ1) is 17.7. The van der Waals surface area contributed by atoms with Crippen molar-refractivity contribution in [3.05, 3.63) is 40.6 Å². The number of thiol groups is 1. The number of hydrogen-bond acceptors (Lipinski definition) is 4. The maximum Gasteiger partial charge on any atom is 0.276 e. The average molecular weight is 353 g/mol. The van der Waals surface area contributed by atoms with Crippen molar-refractivity contribution in [2.24, 2.45) is 14.1 Å². The van der Waals surface area contributed by atoms with Gasteiger partial charge in [-0.1, -0.05) is 6.07 Å². The monoisotopic (exact) mass is 352 g/mol. The van der Waals surface area contributed by atoms with Crippen LogP contribution < -0.4 is 9.88 Å². The van der Waals surface area contributed by atoms with Crippen LogP contribution in [0.2, 0.25) is 0 Å². The van der Waals surface area contributed by atoms with Crippen molar-refractivity contribution in [1.82, 2.24) is 9.88 Å². The van der Waals surface area contributed by atoms with Crippen molar-refractivity contribution in [3.63, 3.8) is 0 Å². The molecule has 2 aromatic heterocycles. The number of aromatic nitrogens is 2. The largest absolute Gasteiger partial charge is 0.351 e. The van der Waals surface area contributed by atoms with E-state index in [0.29, 0.717) is 25.8 Å². The van der Waals surface area contributed by atoms with E-state index in [4.69, 9.17) is 0 Å². The van der Waals surface area contributed by atoms with Crippen LogP contribution in [0.3, 0.4) is 0 Å². The molecule has 0 aliphatic rings. The predicted molar refractivity (Wildman–Crippen MR) is 93.3 cm³/mol. The van der Waals surface area contributed by atoms with E-state index >= 15 is 0 Å². The number of ketones is 1. The molecule has 23 heavy (non-hydrogen) atoms. The molecule has 0 aliphatic heterocycles. The van der Waals surface area contributed by atoms with Crippen molar-refractivity contribution < 1.29 is 14.2 Å². The smallest absolute Gasteiger partial charge is 0.276 e. The number of nitrogens with zero attached hydrogens (tertiary/aromatic N) is 2. The summed E-state index contributed by atoms with van der Waals surface area (Å²) in [5.74, 6) is 0.864. The predicted octanol–water partition coefficient (Wildman–Crippen LogP) is 1.94. The summed E-state index contributed by atoms with van der Waals surface area (Å²) >= 11 is 6.05. The average Bonchev–Trinajstić information content (AvgIpc) is 3.14. The first-order chi connectivity index (χ1) is 11.0. The van der Waals surface area contributed by atoms with E-state index in [1.807, 2.05) is 53.1 Å². The van der Waals surface area contributed by atoms with Gasteiger partial charge < -0.3 is 5.32 Å². The number of carbonyl (C=O) groups excluding carboxylic acids is 2. The number of carbonyl (C=O) groups is 2. The zero-order chi connectivity index (χ0) is 16.8. The van der Waals surface area contributed by atoms with Crippen molar-refractivity contribution in [2.45, 2.75) is 31.1 Å². The van der Waals surface area contributed by atoms with Crippen molar-refractivity contribution in [1.29, 1.82) is 0 Å². The Kier molecular flexibility index (Phi) is 6.41. The fraction of sp³-hybridized carbons (Fsp3) is 0.438. The number of imidazole rings is 1. The van der Waals surface area contributed by atoms with Crippen molar-refractivity contribution >= 4 is 35.7 Å². The molecule has 0 radical (unpaired) electrons. The van der Waals surface area contributed by atoms with Gasteiger partial charge in [-0.3, -0.25) is 9.59 Å². The van der Waals surface area contributed by atoms with Gasteiger partial charge in [-0.2, -0.15) is 12.6 Å². The molecule has 0 saturated heterocycles. The van der Waals surface area contributed by atoms with Gasteiger partial charge in [0.2, 0.25) is 5.91 Å². The normalized spacial score (nSPS) is 12.1. The molecule has 1 amide bonds. The second-order valence-corrected chi connectivity index (χ2v) is 7.01. The molecule has 0 fully saturated rings. The lowest BCUT2D eigenvalue weighted by atomic mass is 10.1. The molecule has 7 heteroatoms. The molecule has 124 valence electrons. The lowest BCUT2D eigenvalue weighted by molar-refractivity contribution is -0.678. The number of hydrogen-bond donors (Lipinski definition) is 2. The van der Waals surface area contributed by atoms with Crippen LogP contribution in [-0.4, -0.2) is 16.3 Å². The summed E-state index contributed by atoms with van der Waals surface area (Å²) in [7, 11) is 3.79. The fourth-order valence-electron chi connectivity index (χ4n) is 2.38. The highest BCUT2D eigenvalue weighted by molar-refractivity contribution is 7.81. The molecular weight excluding hydrogens is 330 g/mol. The maximum absolute atomic E-state index is 12.2. The minimum atomic E-state index is -0.464. The van der Waals surface area contributed by atoms with Gasteiger partial charge in [0.15, 0.2) is 11.0 Å². The lowest BCUT2D eigenvalue weighted by Gasteiger charge is -2.08. The summed E-state index contributed by atoms with van der Waals surface area (Å²) in [5.41, 5.74) is 0. The summed E-state index contributed by atoms with van der Waals surface area (Å²) < 4.78 is 3.78. The summed E-state index contributed by atoms with van der Waals surface area (Å²) in [5, 5.41) is 4.39. The van der Waals surface area contributed by atoms with E-state index in [1.165, 1.54) is 0 Å². The van der Waals surface area contributed by atoms with E-state index in [1.54, 1.807) is 11.3 Å². The minimum absolute atomic E-state index is 0.0219. The van der Waals surface area contributed by atoms with Gasteiger partial charge in [-0.05, 0) is 17.9 Å². The van der Waals surface area contributed by atoms with E-state index < -0.39 is 5.25 Å². The number of amides is 1. The molecule has 5 nitrogen and oxygen atoms in total. The quantitative estimate of drug-likeness (QED) is 0.563. The Bertz CT molecular complexity index is 645. The number of rotatable bonds is 8. The molecule has 1 unspecified atom stereocenters. The summed E-state index contributed by atoms with van der Waals surface area (Å²) in [6.07, 6.45) is 5.04. The molecule has 1 atom stereocenters. The van der Waals surface area contributed by atoms with E-state index in [-0.39, 0.29) is 11.7 Å². The van der Waals surface area contributed by atoms with E-state index in [0.717, 1.165) is 10.7 Å². The third-order valence-electron chi connectivity index (χ3n) is 3.65. The van der Waals surface area contributed by atoms with E-state index in [9.17, 15) is 9.59 Å². The topological polar surface area (TPSA) is 55.0 Å². The van der Waals surface area contributed by atoms with Gasteiger partial charge in [0.25, 0.3) is 5.82 Å². The Labute approximate surface area is 145 Å². The van der Waals surface area contributed by atoms with Crippen LogP contribution in [0.5, 0.6) is 0 Å². The molecule has 0 spiro atoms. The molecular formula is C16H22N3O2S2+. The van der Waals surface area contributed by atoms with Crippen LogP contribution >= 0.6 is 24.0 Å². The van der Waals surface area contributed by atoms with Crippen LogP contribution in [0.15, 0.2) is 29.9 Å². The Morgan fingerprint density at radius 1 is 1.43 bits per heavy atom. The summed E-state index contributed by atoms with van der Waals surface area (Å²) in [4.78, 5) is 25.1. The third kappa shape index (κ3) is 4.94. The van der Waals surface area contributed by atoms with Gasteiger partial charge in [0, 0.05) is 17.7 Å². The standard InChI is InChI=1S/C16H21N3O2S2/c1-18-8-9-19(2)16(18)15(22)13(20)6-3-7-14(21)17-11-12-5-4-10-23-12/h4-5,8-10,15H,3,6-7,11H2,1-2H3,(H-,17,21,22)/p+1. The fourth-order valence-corrected chi connectivity index (χ4v) is 3.52. The first-order valence-corrected chi connectivity index (χ1v) is 8.89. The second kappa shape index (κ2) is 8.31. The van der Waals surface area contributed by atoms with Crippen molar-refractivity contribution in [3.8, 4) is 0 Å². The molecule has 0 bridgehead atoms. The SMILES string of the molecule is Cn1cc[n+](C)c1C(S)C(=O)CCCC(=O)NCc1cccs1. The Balaban J connectivity index is 1.73. The maximum atomic E-state index is 12.2. The molecule has 2 heterocycles. The molecule has 2 rings (SSSR count). The molecule has 2 aromatic rings. The van der Waals surface area contributed by atoms with Crippen LogP contribution in [0.25, 0.3) is 0 Å². The third-order valence-corrected chi connectivity index (χ3v) is 5.05. The minimum Gasteiger partial charge on any atom is -0.351 e. The highest BCUT2D eigenvalue weighted by atomic mass is 32.1. The molecule has 0 aliphatic carbocycles. The first-order valence-electron chi connectivity index (χ1n) is 7.49. The van der Waals surface area contributed by atoms with E-state index in [2.05, 4.69) is 17.9 Å². The summed E-state index contributed by atoms with van der Waals surface area (Å²) in [6, 6.07) is 3.95. The number of aryl methyl sites for hydroxylation is 2. The van der Waals surface area contributed by atoms with Gasteiger partial charge in [-0.25, -0.2) is 9.13 Å². The van der Waals surface area contributed by atoms with Crippen LogP contribution in [0.4, 0.5) is 0 Å². The molecule has 0 aromatic carbocycles. The Hall–Kier alpha value is -1.60. The highest BCUT2D eigenvalue weighted by Crippen LogP contribution is 2.20. The summed E-state index contributed by atoms with van der Waals surface area (Å²) in [6.45, 7) is 0.554. The number of thiophene rings is 1. The highest BCUT2D eigenvalue weighted by Gasteiger charge is 2.27. The van der Waals surface area contributed by atoms with Crippen LogP contribution in [0, 0.1) is 0 Å². The van der Waals surface area contributed by atoms with Gasteiger partial charge >= 0.3 is 0 Å². The molecule has 0 saturated carbocycles.